The molecule has 0 saturated heterocycles. The molecule has 120 valence electrons. The normalized spacial score (nSPS) is 10.4. The fraction of sp³-hybridized carbons (Fsp3) is 0.176. The molecule has 7 heteroatoms. The zero-order valence-corrected chi connectivity index (χ0v) is 13.8. The average Bonchev–Trinajstić information content (AvgIpc) is 3.02. The number of benzene rings is 1. The van der Waals surface area contributed by atoms with Crippen LogP contribution in [0.1, 0.15) is 29.4 Å². The summed E-state index contributed by atoms with van der Waals surface area (Å²) < 4.78 is 0. The lowest BCUT2D eigenvalue weighted by molar-refractivity contribution is 0.974. The molecule has 0 amide bonds. The molecule has 0 atom stereocenters. The summed E-state index contributed by atoms with van der Waals surface area (Å²) in [6.07, 6.45) is 1.44. The molecule has 1 aromatic carbocycles. The van der Waals surface area contributed by atoms with Crippen LogP contribution in [0.25, 0.3) is 0 Å². The summed E-state index contributed by atoms with van der Waals surface area (Å²) in [5.41, 5.74) is 3.41. The number of H-pyrrole nitrogens is 1. The fourth-order valence-corrected chi connectivity index (χ4v) is 2.52. The van der Waals surface area contributed by atoms with Crippen LogP contribution in [0.4, 0.5) is 11.6 Å². The van der Waals surface area contributed by atoms with E-state index >= 15 is 0 Å². The zero-order chi connectivity index (χ0) is 16.9. The van der Waals surface area contributed by atoms with Gasteiger partial charge in [0.15, 0.2) is 5.82 Å². The molecule has 0 fully saturated rings. The van der Waals surface area contributed by atoms with Crippen molar-refractivity contribution in [1.29, 1.82) is 5.26 Å². The SMILES string of the molecule is CCc1cc(Nc2cc(Cc3cccc(C#N)c3)nc(Cl)n2)n[nH]1. The van der Waals surface area contributed by atoms with Gasteiger partial charge in [0, 0.05) is 24.2 Å². The number of hydrogen-bond acceptors (Lipinski definition) is 5. The number of nitrogens with one attached hydrogen (secondary N) is 2. The highest BCUT2D eigenvalue weighted by Crippen LogP contribution is 2.18. The van der Waals surface area contributed by atoms with Gasteiger partial charge >= 0.3 is 0 Å². The van der Waals surface area contributed by atoms with E-state index in [2.05, 4.69) is 31.6 Å². The Hall–Kier alpha value is -2.91. The molecule has 0 aliphatic heterocycles. The Morgan fingerprint density at radius 3 is 2.83 bits per heavy atom. The Morgan fingerprint density at radius 2 is 2.08 bits per heavy atom. The Morgan fingerprint density at radius 1 is 1.21 bits per heavy atom. The van der Waals surface area contributed by atoms with Gasteiger partial charge < -0.3 is 5.32 Å². The van der Waals surface area contributed by atoms with Gasteiger partial charge in [0.2, 0.25) is 5.28 Å². The Bertz CT molecular complexity index is 896. The summed E-state index contributed by atoms with van der Waals surface area (Å²) in [7, 11) is 0. The quantitative estimate of drug-likeness (QED) is 0.693. The predicted molar refractivity (Wildman–Crippen MR) is 92.3 cm³/mol. The third-order valence-corrected chi connectivity index (χ3v) is 3.63. The molecule has 3 aromatic rings. The first-order chi connectivity index (χ1) is 11.7. The predicted octanol–water partition coefficient (Wildman–Crippen LogP) is 3.62. The Kier molecular flexibility index (Phi) is 4.73. The summed E-state index contributed by atoms with van der Waals surface area (Å²) in [5, 5.41) is 19.4. The Balaban J connectivity index is 1.81. The van der Waals surface area contributed by atoms with Crippen LogP contribution in [0, 0.1) is 11.3 Å². The molecule has 0 bridgehead atoms. The molecule has 24 heavy (non-hydrogen) atoms. The smallest absolute Gasteiger partial charge is 0.224 e. The largest absolute Gasteiger partial charge is 0.323 e. The van der Waals surface area contributed by atoms with E-state index in [9.17, 15) is 0 Å². The molecule has 0 radical (unpaired) electrons. The van der Waals surface area contributed by atoms with Crippen LogP contribution in [0.3, 0.4) is 0 Å². The van der Waals surface area contributed by atoms with Crippen LogP contribution in [-0.2, 0) is 12.8 Å². The topological polar surface area (TPSA) is 90.3 Å². The van der Waals surface area contributed by atoms with Crippen molar-refractivity contribution in [2.24, 2.45) is 0 Å². The van der Waals surface area contributed by atoms with Gasteiger partial charge in [-0.25, -0.2) is 9.97 Å². The van der Waals surface area contributed by atoms with E-state index in [1.54, 1.807) is 6.07 Å². The van der Waals surface area contributed by atoms with E-state index in [1.165, 1.54) is 0 Å². The molecule has 0 unspecified atom stereocenters. The van der Waals surface area contributed by atoms with Crippen molar-refractivity contribution in [3.63, 3.8) is 0 Å². The summed E-state index contributed by atoms with van der Waals surface area (Å²) >= 11 is 6.03. The van der Waals surface area contributed by atoms with Crippen LogP contribution in [-0.4, -0.2) is 20.2 Å². The van der Waals surface area contributed by atoms with Crippen molar-refractivity contribution < 1.29 is 0 Å². The van der Waals surface area contributed by atoms with E-state index < -0.39 is 0 Å². The number of rotatable bonds is 5. The van der Waals surface area contributed by atoms with E-state index in [4.69, 9.17) is 16.9 Å². The molecule has 2 aromatic heterocycles. The van der Waals surface area contributed by atoms with Crippen LogP contribution in [0.15, 0.2) is 36.4 Å². The number of aromatic nitrogens is 4. The number of aryl methyl sites for hydroxylation is 1. The first-order valence-electron chi connectivity index (χ1n) is 7.50. The van der Waals surface area contributed by atoms with E-state index in [1.807, 2.05) is 37.3 Å². The summed E-state index contributed by atoms with van der Waals surface area (Å²) in [5.74, 6) is 1.26. The standard InChI is InChI=1S/C17H15ClN6/c1-2-13-8-16(24-23-13)21-15-9-14(20-17(18)22-15)7-11-4-3-5-12(6-11)10-19/h3-6,8-9H,2,7H2,1H3,(H2,20,21,22,23,24). The monoisotopic (exact) mass is 338 g/mol. The van der Waals surface area contributed by atoms with Gasteiger partial charge in [-0.2, -0.15) is 10.4 Å². The van der Waals surface area contributed by atoms with Crippen molar-refractivity contribution in [3.8, 4) is 6.07 Å². The molecule has 0 saturated carbocycles. The maximum Gasteiger partial charge on any atom is 0.224 e. The molecule has 0 aliphatic rings. The molecule has 3 rings (SSSR count). The lowest BCUT2D eigenvalue weighted by Gasteiger charge is -2.06. The number of aromatic amines is 1. The third-order valence-electron chi connectivity index (χ3n) is 3.46. The lowest BCUT2D eigenvalue weighted by atomic mass is 10.1. The minimum absolute atomic E-state index is 0.165. The first-order valence-corrected chi connectivity index (χ1v) is 7.88. The fourth-order valence-electron chi connectivity index (χ4n) is 2.32. The zero-order valence-electron chi connectivity index (χ0n) is 13.0. The summed E-state index contributed by atoms with van der Waals surface area (Å²) in [4.78, 5) is 8.43. The molecule has 0 spiro atoms. The Labute approximate surface area is 144 Å². The van der Waals surface area contributed by atoms with Gasteiger partial charge in [0.05, 0.1) is 17.3 Å². The number of nitriles is 1. The highest BCUT2D eigenvalue weighted by molar-refractivity contribution is 6.28. The van der Waals surface area contributed by atoms with Gasteiger partial charge in [-0.05, 0) is 35.7 Å². The minimum Gasteiger partial charge on any atom is -0.323 e. The molecule has 2 N–H and O–H groups in total. The van der Waals surface area contributed by atoms with Crippen molar-refractivity contribution in [2.75, 3.05) is 5.32 Å². The van der Waals surface area contributed by atoms with E-state index in [-0.39, 0.29) is 5.28 Å². The first kappa shape index (κ1) is 16.0. The van der Waals surface area contributed by atoms with Crippen LogP contribution >= 0.6 is 11.6 Å². The second-order valence-electron chi connectivity index (χ2n) is 5.26. The van der Waals surface area contributed by atoms with Crippen molar-refractivity contribution in [1.82, 2.24) is 20.2 Å². The highest BCUT2D eigenvalue weighted by Gasteiger charge is 2.07. The lowest BCUT2D eigenvalue weighted by Crippen LogP contribution is -2.00. The molecule has 2 heterocycles. The van der Waals surface area contributed by atoms with Crippen LogP contribution in [0.5, 0.6) is 0 Å². The van der Waals surface area contributed by atoms with E-state index in [0.717, 1.165) is 23.4 Å². The molecular weight excluding hydrogens is 324 g/mol. The number of anilines is 2. The second kappa shape index (κ2) is 7.11. The number of nitrogens with zero attached hydrogens (tertiary/aromatic N) is 4. The summed E-state index contributed by atoms with van der Waals surface area (Å²) in [6, 6.07) is 13.3. The maximum absolute atomic E-state index is 8.99. The van der Waals surface area contributed by atoms with Crippen molar-refractivity contribution in [2.45, 2.75) is 19.8 Å². The van der Waals surface area contributed by atoms with Gasteiger partial charge in [-0.15, -0.1) is 0 Å². The molecule has 6 nitrogen and oxygen atoms in total. The van der Waals surface area contributed by atoms with Crippen molar-refractivity contribution >= 4 is 23.2 Å². The summed E-state index contributed by atoms with van der Waals surface area (Å²) in [6.45, 7) is 2.05. The van der Waals surface area contributed by atoms with E-state index in [0.29, 0.717) is 23.6 Å². The number of halogens is 1. The average molecular weight is 339 g/mol. The third kappa shape index (κ3) is 3.89. The van der Waals surface area contributed by atoms with Crippen molar-refractivity contribution in [3.05, 3.63) is 64.2 Å². The maximum atomic E-state index is 8.99. The second-order valence-corrected chi connectivity index (χ2v) is 5.60. The van der Waals surface area contributed by atoms with Gasteiger partial charge in [-0.1, -0.05) is 19.1 Å². The molecular formula is C17H15ClN6. The molecule has 0 aliphatic carbocycles. The van der Waals surface area contributed by atoms with Gasteiger partial charge in [-0.3, -0.25) is 5.10 Å². The van der Waals surface area contributed by atoms with Gasteiger partial charge in [0.1, 0.15) is 5.82 Å². The van der Waals surface area contributed by atoms with Gasteiger partial charge in [0.25, 0.3) is 0 Å². The highest BCUT2D eigenvalue weighted by atomic mass is 35.5. The van der Waals surface area contributed by atoms with Crippen LogP contribution < -0.4 is 5.32 Å². The van der Waals surface area contributed by atoms with Crippen LogP contribution in [0.2, 0.25) is 5.28 Å². The number of hydrogen-bond donors (Lipinski definition) is 2. The minimum atomic E-state index is 0.165.